The largest absolute Gasteiger partial charge is 0.508 e. The van der Waals surface area contributed by atoms with Crippen LogP contribution < -0.4 is 5.32 Å². The molecule has 0 saturated heterocycles. The molecule has 19 heavy (non-hydrogen) atoms. The Morgan fingerprint density at radius 3 is 2.47 bits per heavy atom. The molecule has 2 aromatic rings. The van der Waals surface area contributed by atoms with Crippen LogP contribution in [0, 0.1) is 17.1 Å². The molecular formula is C15H13FN2O. The summed E-state index contributed by atoms with van der Waals surface area (Å²) in [6, 6.07) is 14.4. The van der Waals surface area contributed by atoms with Gasteiger partial charge in [-0.3, -0.25) is 5.32 Å². The number of benzene rings is 2. The van der Waals surface area contributed by atoms with Crippen molar-refractivity contribution in [1.82, 2.24) is 5.32 Å². The van der Waals surface area contributed by atoms with Gasteiger partial charge in [0.1, 0.15) is 17.6 Å². The van der Waals surface area contributed by atoms with Crippen molar-refractivity contribution in [2.75, 3.05) is 0 Å². The van der Waals surface area contributed by atoms with Crippen molar-refractivity contribution in [3.63, 3.8) is 0 Å². The Balaban J connectivity index is 2.07. The van der Waals surface area contributed by atoms with E-state index in [0.717, 1.165) is 5.56 Å². The number of nitrogens with one attached hydrogen (secondary N) is 1. The first-order chi connectivity index (χ1) is 9.20. The minimum atomic E-state index is -0.541. The monoisotopic (exact) mass is 256 g/mol. The molecule has 1 unspecified atom stereocenters. The van der Waals surface area contributed by atoms with Gasteiger partial charge in [0.15, 0.2) is 0 Å². The van der Waals surface area contributed by atoms with Gasteiger partial charge < -0.3 is 5.11 Å². The number of aromatic hydroxyl groups is 1. The lowest BCUT2D eigenvalue weighted by atomic mass is 10.1. The first-order valence-electron chi connectivity index (χ1n) is 5.86. The van der Waals surface area contributed by atoms with Crippen molar-refractivity contribution in [3.8, 4) is 11.8 Å². The first kappa shape index (κ1) is 13.1. The van der Waals surface area contributed by atoms with Gasteiger partial charge in [0.2, 0.25) is 0 Å². The van der Waals surface area contributed by atoms with Gasteiger partial charge in [-0.05, 0) is 23.8 Å². The average Bonchev–Trinajstić information content (AvgIpc) is 2.43. The van der Waals surface area contributed by atoms with E-state index in [1.807, 2.05) is 0 Å². The molecule has 1 atom stereocenters. The predicted octanol–water partition coefficient (Wildman–Crippen LogP) is 2.89. The molecule has 0 aliphatic rings. The first-order valence-corrected chi connectivity index (χ1v) is 5.86. The van der Waals surface area contributed by atoms with E-state index in [0.29, 0.717) is 5.56 Å². The highest BCUT2D eigenvalue weighted by Gasteiger charge is 2.10. The highest BCUT2D eigenvalue weighted by Crippen LogP contribution is 2.17. The number of hydrogen-bond acceptors (Lipinski definition) is 3. The van der Waals surface area contributed by atoms with Crippen molar-refractivity contribution in [3.05, 3.63) is 65.5 Å². The Bertz CT molecular complexity index is 590. The molecule has 0 fully saturated rings. The van der Waals surface area contributed by atoms with Crippen LogP contribution in [0.25, 0.3) is 0 Å². The molecule has 0 heterocycles. The van der Waals surface area contributed by atoms with Crippen molar-refractivity contribution in [1.29, 1.82) is 5.26 Å². The van der Waals surface area contributed by atoms with Gasteiger partial charge in [-0.2, -0.15) is 5.26 Å². The second-order valence-electron chi connectivity index (χ2n) is 4.13. The second-order valence-corrected chi connectivity index (χ2v) is 4.13. The number of rotatable bonds is 4. The summed E-state index contributed by atoms with van der Waals surface area (Å²) in [6.07, 6.45) is 0. The van der Waals surface area contributed by atoms with E-state index in [1.165, 1.54) is 18.2 Å². The number of phenolic OH excluding ortho intramolecular Hbond substituents is 1. The van der Waals surface area contributed by atoms with Gasteiger partial charge in [-0.25, -0.2) is 4.39 Å². The third-order valence-corrected chi connectivity index (χ3v) is 2.81. The second kappa shape index (κ2) is 5.98. The van der Waals surface area contributed by atoms with E-state index in [2.05, 4.69) is 11.4 Å². The standard InChI is InChI=1S/C15H13FN2O/c16-14-4-2-1-3-12(14)10-18-15(9-17)11-5-7-13(19)8-6-11/h1-8,15,18-19H,10H2. The molecule has 0 aliphatic heterocycles. The molecule has 2 N–H and O–H groups in total. The van der Waals surface area contributed by atoms with Gasteiger partial charge in [0.25, 0.3) is 0 Å². The minimum absolute atomic E-state index is 0.148. The summed E-state index contributed by atoms with van der Waals surface area (Å²) in [6.45, 7) is 0.270. The number of halogens is 1. The maximum Gasteiger partial charge on any atom is 0.127 e. The molecule has 0 aromatic heterocycles. The van der Waals surface area contributed by atoms with E-state index < -0.39 is 6.04 Å². The summed E-state index contributed by atoms with van der Waals surface area (Å²) in [7, 11) is 0. The fourth-order valence-electron chi connectivity index (χ4n) is 1.76. The summed E-state index contributed by atoms with van der Waals surface area (Å²) in [5.41, 5.74) is 1.25. The van der Waals surface area contributed by atoms with Crippen LogP contribution >= 0.6 is 0 Å². The Morgan fingerprint density at radius 1 is 1.16 bits per heavy atom. The minimum Gasteiger partial charge on any atom is -0.508 e. The quantitative estimate of drug-likeness (QED) is 0.884. The molecule has 0 aliphatic carbocycles. The molecule has 2 rings (SSSR count). The van der Waals surface area contributed by atoms with Crippen molar-refractivity contribution in [2.24, 2.45) is 0 Å². The normalized spacial score (nSPS) is 11.8. The van der Waals surface area contributed by atoms with Gasteiger partial charge >= 0.3 is 0 Å². The van der Waals surface area contributed by atoms with E-state index in [1.54, 1.807) is 30.3 Å². The number of hydrogen-bond donors (Lipinski definition) is 2. The van der Waals surface area contributed by atoms with E-state index in [9.17, 15) is 9.50 Å². The molecule has 0 saturated carbocycles. The van der Waals surface area contributed by atoms with E-state index >= 15 is 0 Å². The van der Waals surface area contributed by atoms with Crippen LogP contribution in [0.1, 0.15) is 17.2 Å². The van der Waals surface area contributed by atoms with Gasteiger partial charge in [0, 0.05) is 12.1 Å². The summed E-state index contributed by atoms with van der Waals surface area (Å²) in [5.74, 6) is -0.146. The van der Waals surface area contributed by atoms with Crippen molar-refractivity contribution >= 4 is 0 Å². The van der Waals surface area contributed by atoms with Crippen molar-refractivity contribution < 1.29 is 9.50 Å². The molecular weight excluding hydrogens is 243 g/mol. The predicted molar refractivity (Wildman–Crippen MR) is 69.7 cm³/mol. The maximum atomic E-state index is 13.4. The zero-order valence-electron chi connectivity index (χ0n) is 10.2. The van der Waals surface area contributed by atoms with Crippen LogP contribution in [0.4, 0.5) is 4.39 Å². The lowest BCUT2D eigenvalue weighted by Gasteiger charge is -2.12. The van der Waals surface area contributed by atoms with E-state index in [4.69, 9.17) is 5.26 Å². The Kier molecular flexibility index (Phi) is 4.11. The Morgan fingerprint density at radius 2 is 1.84 bits per heavy atom. The van der Waals surface area contributed by atoms with Crippen LogP contribution in [-0.4, -0.2) is 5.11 Å². The molecule has 3 nitrogen and oxygen atoms in total. The average molecular weight is 256 g/mol. The molecule has 2 aromatic carbocycles. The zero-order chi connectivity index (χ0) is 13.7. The van der Waals surface area contributed by atoms with Crippen LogP contribution in [-0.2, 0) is 6.54 Å². The number of phenols is 1. The summed E-state index contributed by atoms with van der Waals surface area (Å²) >= 11 is 0. The molecule has 0 bridgehead atoms. The molecule has 0 radical (unpaired) electrons. The van der Waals surface area contributed by atoms with Crippen LogP contribution in [0.5, 0.6) is 5.75 Å². The summed E-state index contributed by atoms with van der Waals surface area (Å²) < 4.78 is 13.4. The molecule has 96 valence electrons. The summed E-state index contributed by atoms with van der Waals surface area (Å²) in [4.78, 5) is 0. The van der Waals surface area contributed by atoms with Crippen LogP contribution in [0.2, 0.25) is 0 Å². The highest BCUT2D eigenvalue weighted by molar-refractivity contribution is 5.31. The smallest absolute Gasteiger partial charge is 0.127 e. The maximum absolute atomic E-state index is 13.4. The van der Waals surface area contributed by atoms with Gasteiger partial charge in [-0.1, -0.05) is 30.3 Å². The number of nitrogens with zero attached hydrogens (tertiary/aromatic N) is 1. The van der Waals surface area contributed by atoms with Crippen molar-refractivity contribution in [2.45, 2.75) is 12.6 Å². The highest BCUT2D eigenvalue weighted by atomic mass is 19.1. The third kappa shape index (κ3) is 3.30. The lowest BCUT2D eigenvalue weighted by molar-refractivity contribution is 0.474. The number of nitriles is 1. The zero-order valence-corrected chi connectivity index (χ0v) is 10.2. The van der Waals surface area contributed by atoms with Crippen LogP contribution in [0.3, 0.4) is 0 Å². The summed E-state index contributed by atoms with van der Waals surface area (Å²) in [5, 5.41) is 21.3. The Labute approximate surface area is 110 Å². The van der Waals surface area contributed by atoms with Gasteiger partial charge in [-0.15, -0.1) is 0 Å². The fourth-order valence-corrected chi connectivity index (χ4v) is 1.76. The molecule has 0 amide bonds. The lowest BCUT2D eigenvalue weighted by Crippen LogP contribution is -2.20. The molecule has 0 spiro atoms. The van der Waals surface area contributed by atoms with Gasteiger partial charge in [0.05, 0.1) is 6.07 Å². The SMILES string of the molecule is N#CC(NCc1ccccc1F)c1ccc(O)cc1. The topological polar surface area (TPSA) is 56.0 Å². The van der Waals surface area contributed by atoms with E-state index in [-0.39, 0.29) is 18.1 Å². The Hall–Kier alpha value is -2.38. The van der Waals surface area contributed by atoms with Crippen LogP contribution in [0.15, 0.2) is 48.5 Å². The molecule has 4 heteroatoms. The third-order valence-electron chi connectivity index (χ3n) is 2.81. The fraction of sp³-hybridized carbons (Fsp3) is 0.133.